The van der Waals surface area contributed by atoms with Crippen molar-refractivity contribution < 1.29 is 27.4 Å². The van der Waals surface area contributed by atoms with Crippen LogP contribution in [-0.2, 0) is 4.79 Å². The molecule has 0 aliphatic carbocycles. The predicted octanol–water partition coefficient (Wildman–Crippen LogP) is 5.34. The Kier molecular flexibility index (Phi) is 6.37. The van der Waals surface area contributed by atoms with Gasteiger partial charge in [-0.1, -0.05) is 18.5 Å². The summed E-state index contributed by atoms with van der Waals surface area (Å²) in [6.07, 6.45) is -5.12. The van der Waals surface area contributed by atoms with Crippen molar-refractivity contribution in [2.45, 2.75) is 32.7 Å². The molecule has 0 aliphatic rings. The second kappa shape index (κ2) is 8.31. The number of halogens is 4. The van der Waals surface area contributed by atoms with Crippen molar-refractivity contribution in [1.29, 1.82) is 0 Å². The lowest BCUT2D eigenvalue weighted by molar-refractivity contribution is -0.274. The SMILES string of the molecule is CC[C@H](Oc1ccc(Cl)c(C)c1)C(=O)Nc1ccc(OC(F)(F)F)cc1. The van der Waals surface area contributed by atoms with Gasteiger partial charge in [-0.3, -0.25) is 4.79 Å². The summed E-state index contributed by atoms with van der Waals surface area (Å²) in [5.41, 5.74) is 1.15. The van der Waals surface area contributed by atoms with Gasteiger partial charge in [-0.25, -0.2) is 0 Å². The first kappa shape index (κ1) is 19.9. The molecular formula is C18H17ClF3NO3. The minimum atomic E-state index is -4.76. The van der Waals surface area contributed by atoms with Crippen LogP contribution in [0, 0.1) is 6.92 Å². The molecule has 1 amide bonds. The van der Waals surface area contributed by atoms with Crippen LogP contribution in [0.25, 0.3) is 0 Å². The van der Waals surface area contributed by atoms with E-state index in [9.17, 15) is 18.0 Å². The lowest BCUT2D eigenvalue weighted by Gasteiger charge is -2.18. The molecule has 0 unspecified atom stereocenters. The molecule has 140 valence electrons. The Morgan fingerprint density at radius 1 is 1.15 bits per heavy atom. The van der Waals surface area contributed by atoms with Crippen LogP contribution in [0.3, 0.4) is 0 Å². The molecule has 0 spiro atoms. The van der Waals surface area contributed by atoms with Crippen molar-refractivity contribution >= 4 is 23.2 Å². The third-order valence-electron chi connectivity index (χ3n) is 3.43. The van der Waals surface area contributed by atoms with Crippen molar-refractivity contribution in [1.82, 2.24) is 0 Å². The number of aryl methyl sites for hydroxylation is 1. The molecule has 0 bridgehead atoms. The van der Waals surface area contributed by atoms with Gasteiger partial charge in [0.2, 0.25) is 0 Å². The molecule has 0 heterocycles. The molecule has 1 atom stereocenters. The van der Waals surface area contributed by atoms with Gasteiger partial charge < -0.3 is 14.8 Å². The van der Waals surface area contributed by atoms with E-state index in [0.717, 1.165) is 17.7 Å². The fourth-order valence-corrected chi connectivity index (χ4v) is 2.26. The highest BCUT2D eigenvalue weighted by Gasteiger charge is 2.31. The molecule has 0 saturated carbocycles. The number of hydrogen-bond donors (Lipinski definition) is 1. The lowest BCUT2D eigenvalue weighted by Crippen LogP contribution is -2.32. The monoisotopic (exact) mass is 387 g/mol. The number of anilines is 1. The average molecular weight is 388 g/mol. The van der Waals surface area contributed by atoms with E-state index in [4.69, 9.17) is 16.3 Å². The normalized spacial score (nSPS) is 12.4. The Balaban J connectivity index is 2.01. The van der Waals surface area contributed by atoms with E-state index in [0.29, 0.717) is 22.9 Å². The zero-order chi connectivity index (χ0) is 19.3. The molecule has 1 N–H and O–H groups in total. The molecule has 4 nitrogen and oxygen atoms in total. The number of amides is 1. The minimum absolute atomic E-state index is 0.332. The summed E-state index contributed by atoms with van der Waals surface area (Å²) < 4.78 is 45.9. The minimum Gasteiger partial charge on any atom is -0.481 e. The molecule has 0 radical (unpaired) electrons. The van der Waals surface area contributed by atoms with Gasteiger partial charge in [0.15, 0.2) is 6.10 Å². The summed E-state index contributed by atoms with van der Waals surface area (Å²) >= 11 is 5.96. The van der Waals surface area contributed by atoms with Gasteiger partial charge in [0, 0.05) is 10.7 Å². The van der Waals surface area contributed by atoms with E-state index < -0.39 is 18.4 Å². The second-order valence-corrected chi connectivity index (χ2v) is 5.89. The highest BCUT2D eigenvalue weighted by Crippen LogP contribution is 2.25. The van der Waals surface area contributed by atoms with Gasteiger partial charge in [-0.15, -0.1) is 13.2 Å². The van der Waals surface area contributed by atoms with Gasteiger partial charge >= 0.3 is 6.36 Å². The Morgan fingerprint density at radius 3 is 2.31 bits per heavy atom. The largest absolute Gasteiger partial charge is 0.573 e. The molecule has 0 aliphatic heterocycles. The first-order valence-corrected chi connectivity index (χ1v) is 8.15. The standard InChI is InChI=1S/C18H17ClF3NO3/c1-3-16(25-14-8-9-15(19)11(2)10-14)17(24)23-12-4-6-13(7-5-12)26-18(20,21)22/h4-10,16H,3H2,1-2H3,(H,23,24)/t16-/m0/s1. The van der Waals surface area contributed by atoms with Crippen LogP contribution in [0.1, 0.15) is 18.9 Å². The topological polar surface area (TPSA) is 47.6 Å². The van der Waals surface area contributed by atoms with Crippen molar-refractivity contribution in [2.75, 3.05) is 5.32 Å². The summed E-state index contributed by atoms with van der Waals surface area (Å²) in [5.74, 6) is -0.275. The number of rotatable bonds is 6. The van der Waals surface area contributed by atoms with Gasteiger partial charge in [0.1, 0.15) is 11.5 Å². The number of ether oxygens (including phenoxy) is 2. The molecule has 2 aromatic carbocycles. The summed E-state index contributed by atoms with van der Waals surface area (Å²) in [5, 5.41) is 3.20. The molecule has 0 fully saturated rings. The zero-order valence-electron chi connectivity index (χ0n) is 14.1. The highest BCUT2D eigenvalue weighted by molar-refractivity contribution is 6.31. The maximum atomic E-state index is 12.3. The van der Waals surface area contributed by atoms with E-state index in [2.05, 4.69) is 10.1 Å². The van der Waals surface area contributed by atoms with E-state index >= 15 is 0 Å². The van der Waals surface area contributed by atoms with Crippen LogP contribution < -0.4 is 14.8 Å². The van der Waals surface area contributed by atoms with Gasteiger partial charge in [-0.05, 0) is 61.4 Å². The third-order valence-corrected chi connectivity index (χ3v) is 3.85. The smallest absolute Gasteiger partial charge is 0.481 e. The third kappa shape index (κ3) is 5.84. The van der Waals surface area contributed by atoms with E-state index in [1.165, 1.54) is 12.1 Å². The van der Waals surface area contributed by atoms with E-state index in [1.54, 1.807) is 25.1 Å². The Bertz CT molecular complexity index is 763. The number of alkyl halides is 3. The van der Waals surface area contributed by atoms with E-state index in [-0.39, 0.29) is 5.75 Å². The number of hydrogen-bond acceptors (Lipinski definition) is 3. The maximum absolute atomic E-state index is 12.3. The average Bonchev–Trinajstić information content (AvgIpc) is 2.56. The predicted molar refractivity (Wildman–Crippen MR) is 92.7 cm³/mol. The van der Waals surface area contributed by atoms with Crippen molar-refractivity contribution in [3.63, 3.8) is 0 Å². The first-order valence-electron chi connectivity index (χ1n) is 7.77. The van der Waals surface area contributed by atoms with Crippen LogP contribution in [0.5, 0.6) is 11.5 Å². The second-order valence-electron chi connectivity index (χ2n) is 5.49. The molecule has 0 saturated heterocycles. The van der Waals surface area contributed by atoms with Crippen LogP contribution in [0.2, 0.25) is 5.02 Å². The van der Waals surface area contributed by atoms with Crippen molar-refractivity contribution in [3.05, 3.63) is 53.1 Å². The fourth-order valence-electron chi connectivity index (χ4n) is 2.14. The lowest BCUT2D eigenvalue weighted by atomic mass is 10.2. The Hall–Kier alpha value is -2.41. The summed E-state index contributed by atoms with van der Waals surface area (Å²) in [7, 11) is 0. The Labute approximate surface area is 153 Å². The molecule has 0 aromatic heterocycles. The first-order chi connectivity index (χ1) is 12.2. The maximum Gasteiger partial charge on any atom is 0.573 e. The molecule has 2 rings (SSSR count). The van der Waals surface area contributed by atoms with Crippen LogP contribution in [0.15, 0.2) is 42.5 Å². The molecule has 2 aromatic rings. The fraction of sp³-hybridized carbons (Fsp3) is 0.278. The highest BCUT2D eigenvalue weighted by atomic mass is 35.5. The zero-order valence-corrected chi connectivity index (χ0v) is 14.8. The molecule has 8 heteroatoms. The van der Waals surface area contributed by atoms with Gasteiger partial charge in [0.05, 0.1) is 0 Å². The van der Waals surface area contributed by atoms with Gasteiger partial charge in [-0.2, -0.15) is 0 Å². The summed E-state index contributed by atoms with van der Waals surface area (Å²) in [4.78, 5) is 12.3. The number of carbonyl (C=O) groups excluding carboxylic acids is 1. The Morgan fingerprint density at radius 2 is 1.77 bits per heavy atom. The number of benzene rings is 2. The number of carbonyl (C=O) groups is 1. The quantitative estimate of drug-likeness (QED) is 0.727. The summed E-state index contributed by atoms with van der Waals surface area (Å²) in [6.45, 7) is 3.61. The summed E-state index contributed by atoms with van der Waals surface area (Å²) in [6, 6.07) is 9.93. The van der Waals surface area contributed by atoms with Crippen LogP contribution in [0.4, 0.5) is 18.9 Å². The molecule has 26 heavy (non-hydrogen) atoms. The molecular weight excluding hydrogens is 371 g/mol. The van der Waals surface area contributed by atoms with E-state index in [1.807, 2.05) is 6.92 Å². The van der Waals surface area contributed by atoms with Crippen LogP contribution >= 0.6 is 11.6 Å². The van der Waals surface area contributed by atoms with Crippen molar-refractivity contribution in [2.24, 2.45) is 0 Å². The van der Waals surface area contributed by atoms with Gasteiger partial charge in [0.25, 0.3) is 5.91 Å². The van der Waals surface area contributed by atoms with Crippen LogP contribution in [-0.4, -0.2) is 18.4 Å². The van der Waals surface area contributed by atoms with Crippen molar-refractivity contribution in [3.8, 4) is 11.5 Å². The number of nitrogens with one attached hydrogen (secondary N) is 1.